The number of hydrazine groups is 1. The molecule has 1 atom stereocenters. The highest BCUT2D eigenvalue weighted by Crippen LogP contribution is 2.33. The molecule has 0 bridgehead atoms. The number of aryl methyl sites for hydroxylation is 1. The monoisotopic (exact) mass is 420 g/mol. The van der Waals surface area contributed by atoms with Gasteiger partial charge in [-0.1, -0.05) is 34.5 Å². The van der Waals surface area contributed by atoms with Crippen molar-refractivity contribution in [3.8, 4) is 0 Å². The predicted molar refractivity (Wildman–Crippen MR) is 88.5 cm³/mol. The molecule has 1 aromatic heterocycles. The second-order valence-electron chi connectivity index (χ2n) is 4.37. The Morgan fingerprint density at radius 2 is 2.20 bits per heavy atom. The van der Waals surface area contributed by atoms with E-state index in [2.05, 4.69) is 49.3 Å². The average molecular weight is 423 g/mol. The summed E-state index contributed by atoms with van der Waals surface area (Å²) in [7, 11) is 0. The van der Waals surface area contributed by atoms with Crippen LogP contribution in [0.25, 0.3) is 0 Å². The van der Waals surface area contributed by atoms with E-state index >= 15 is 0 Å². The summed E-state index contributed by atoms with van der Waals surface area (Å²) >= 11 is 13.3. The first-order valence-corrected chi connectivity index (χ1v) is 8.17. The van der Waals surface area contributed by atoms with Crippen molar-refractivity contribution in [1.82, 2.24) is 15.2 Å². The second-order valence-corrected chi connectivity index (χ2v) is 6.54. The Morgan fingerprint density at radius 1 is 1.45 bits per heavy atom. The fourth-order valence-corrected chi connectivity index (χ4v) is 3.23. The van der Waals surface area contributed by atoms with Crippen LogP contribution in [0.5, 0.6) is 0 Å². The molecular formula is C13H15Br2ClN4. The zero-order chi connectivity index (χ0) is 14.7. The summed E-state index contributed by atoms with van der Waals surface area (Å²) in [5, 5.41) is 5.03. The number of nitrogens with zero attached hydrogens (tertiary/aromatic N) is 2. The summed E-state index contributed by atoms with van der Waals surface area (Å²) in [6.07, 6.45) is 2.77. The van der Waals surface area contributed by atoms with Crippen molar-refractivity contribution >= 4 is 43.5 Å². The number of aromatic nitrogens is 2. The first-order valence-electron chi connectivity index (χ1n) is 6.20. The van der Waals surface area contributed by atoms with Crippen LogP contribution in [-0.2, 0) is 6.54 Å². The molecule has 0 aliphatic carbocycles. The van der Waals surface area contributed by atoms with Crippen molar-refractivity contribution in [2.75, 3.05) is 0 Å². The smallest absolute Gasteiger partial charge is 0.0904 e. The van der Waals surface area contributed by atoms with Gasteiger partial charge in [-0.2, -0.15) is 5.10 Å². The van der Waals surface area contributed by atoms with E-state index in [1.807, 2.05) is 22.9 Å². The van der Waals surface area contributed by atoms with E-state index in [-0.39, 0.29) is 6.04 Å². The van der Waals surface area contributed by atoms with Gasteiger partial charge in [-0.15, -0.1) is 0 Å². The topological polar surface area (TPSA) is 55.9 Å². The Balaban J connectivity index is 2.52. The van der Waals surface area contributed by atoms with E-state index in [9.17, 15) is 0 Å². The normalized spacial score (nSPS) is 12.7. The first-order chi connectivity index (χ1) is 9.58. The van der Waals surface area contributed by atoms with E-state index in [0.717, 1.165) is 33.2 Å². The van der Waals surface area contributed by atoms with Crippen molar-refractivity contribution in [2.45, 2.75) is 25.9 Å². The molecule has 0 radical (unpaired) electrons. The van der Waals surface area contributed by atoms with Crippen LogP contribution in [0.2, 0.25) is 5.02 Å². The van der Waals surface area contributed by atoms with Crippen molar-refractivity contribution in [1.29, 1.82) is 0 Å². The number of hydrogen-bond donors (Lipinski definition) is 2. The molecule has 1 heterocycles. The fraction of sp³-hybridized carbons (Fsp3) is 0.308. The maximum absolute atomic E-state index is 6.31. The van der Waals surface area contributed by atoms with Gasteiger partial charge in [-0.25, -0.2) is 5.43 Å². The molecule has 0 spiro atoms. The van der Waals surface area contributed by atoms with Gasteiger partial charge in [0.1, 0.15) is 0 Å². The molecule has 0 aliphatic rings. The Morgan fingerprint density at radius 3 is 2.85 bits per heavy atom. The number of benzene rings is 1. The van der Waals surface area contributed by atoms with Gasteiger partial charge in [0.2, 0.25) is 0 Å². The highest BCUT2D eigenvalue weighted by Gasteiger charge is 2.23. The number of nitrogens with two attached hydrogens (primary N) is 1. The average Bonchev–Trinajstić information content (AvgIpc) is 2.77. The third kappa shape index (κ3) is 3.26. The van der Waals surface area contributed by atoms with Crippen LogP contribution in [0.1, 0.15) is 30.6 Å². The molecule has 0 amide bonds. The van der Waals surface area contributed by atoms with Crippen LogP contribution in [-0.4, -0.2) is 9.78 Å². The predicted octanol–water partition coefficient (Wildman–Crippen LogP) is 4.02. The molecular weight excluding hydrogens is 407 g/mol. The lowest BCUT2D eigenvalue weighted by Crippen LogP contribution is -2.31. The van der Waals surface area contributed by atoms with E-state index in [1.54, 1.807) is 6.20 Å². The van der Waals surface area contributed by atoms with Crippen molar-refractivity contribution in [2.24, 2.45) is 5.84 Å². The van der Waals surface area contributed by atoms with Gasteiger partial charge >= 0.3 is 0 Å². The first kappa shape index (κ1) is 16.0. The fourth-order valence-electron chi connectivity index (χ4n) is 2.10. The summed E-state index contributed by atoms with van der Waals surface area (Å²) in [5.74, 6) is 5.76. The third-order valence-electron chi connectivity index (χ3n) is 2.98. The minimum atomic E-state index is -0.233. The summed E-state index contributed by atoms with van der Waals surface area (Å²) in [6.45, 7) is 2.93. The molecule has 2 rings (SSSR count). The number of nitrogens with one attached hydrogen (secondary N) is 1. The van der Waals surface area contributed by atoms with E-state index in [1.165, 1.54) is 0 Å². The van der Waals surface area contributed by atoms with E-state index in [0.29, 0.717) is 5.02 Å². The van der Waals surface area contributed by atoms with Gasteiger partial charge in [0, 0.05) is 16.0 Å². The van der Waals surface area contributed by atoms with Crippen LogP contribution in [0, 0.1) is 0 Å². The Labute approximate surface area is 139 Å². The number of halogens is 3. The van der Waals surface area contributed by atoms with Gasteiger partial charge in [0.25, 0.3) is 0 Å². The van der Waals surface area contributed by atoms with Crippen LogP contribution < -0.4 is 11.3 Å². The van der Waals surface area contributed by atoms with Gasteiger partial charge in [0.05, 0.1) is 22.4 Å². The van der Waals surface area contributed by atoms with Crippen LogP contribution in [0.15, 0.2) is 33.3 Å². The lowest BCUT2D eigenvalue weighted by atomic mass is 10.0. The molecule has 2 aromatic rings. The van der Waals surface area contributed by atoms with Crippen molar-refractivity contribution < 1.29 is 0 Å². The molecule has 0 aliphatic heterocycles. The Kier molecular flexibility index (Phi) is 5.63. The molecule has 0 saturated heterocycles. The quantitative estimate of drug-likeness (QED) is 0.565. The maximum Gasteiger partial charge on any atom is 0.0904 e. The third-order valence-corrected chi connectivity index (χ3v) is 4.43. The SMILES string of the molecule is CCCn1ncc(Br)c1C(NN)c1cc(Br)ccc1Cl. The Hall–Kier alpha value is -0.400. The molecule has 3 N–H and O–H groups in total. The number of rotatable bonds is 5. The molecule has 20 heavy (non-hydrogen) atoms. The van der Waals surface area contributed by atoms with Crippen LogP contribution in [0.3, 0.4) is 0 Å². The largest absolute Gasteiger partial charge is 0.271 e. The lowest BCUT2D eigenvalue weighted by Gasteiger charge is -2.20. The van der Waals surface area contributed by atoms with E-state index in [4.69, 9.17) is 17.4 Å². The summed E-state index contributed by atoms with van der Waals surface area (Å²) in [5.41, 5.74) is 4.70. The zero-order valence-electron chi connectivity index (χ0n) is 10.9. The number of hydrogen-bond acceptors (Lipinski definition) is 3. The van der Waals surface area contributed by atoms with Gasteiger partial charge in [-0.3, -0.25) is 10.5 Å². The van der Waals surface area contributed by atoms with Crippen LogP contribution in [0.4, 0.5) is 0 Å². The zero-order valence-corrected chi connectivity index (χ0v) is 14.8. The highest BCUT2D eigenvalue weighted by atomic mass is 79.9. The van der Waals surface area contributed by atoms with Gasteiger partial charge in [0.15, 0.2) is 0 Å². The van der Waals surface area contributed by atoms with Gasteiger partial charge < -0.3 is 0 Å². The molecule has 1 unspecified atom stereocenters. The lowest BCUT2D eigenvalue weighted by molar-refractivity contribution is 0.519. The molecule has 108 valence electrons. The van der Waals surface area contributed by atoms with Crippen molar-refractivity contribution in [3.63, 3.8) is 0 Å². The Bertz CT molecular complexity index is 600. The molecule has 1 aromatic carbocycles. The summed E-state index contributed by atoms with van der Waals surface area (Å²) in [4.78, 5) is 0. The minimum Gasteiger partial charge on any atom is -0.271 e. The standard InChI is InChI=1S/C13H15Br2ClN4/c1-2-5-20-13(10(15)7-18-20)12(19-17)9-6-8(14)3-4-11(9)16/h3-4,6-7,12,19H,2,5,17H2,1H3. The highest BCUT2D eigenvalue weighted by molar-refractivity contribution is 9.10. The molecule has 4 nitrogen and oxygen atoms in total. The molecule has 0 saturated carbocycles. The van der Waals surface area contributed by atoms with E-state index < -0.39 is 0 Å². The van der Waals surface area contributed by atoms with Crippen molar-refractivity contribution in [3.05, 3.63) is 49.6 Å². The molecule has 0 fully saturated rings. The minimum absolute atomic E-state index is 0.233. The van der Waals surface area contributed by atoms with Gasteiger partial charge in [-0.05, 0) is 46.1 Å². The second kappa shape index (κ2) is 7.04. The maximum atomic E-state index is 6.31. The van der Waals surface area contributed by atoms with Crippen LogP contribution >= 0.6 is 43.5 Å². The summed E-state index contributed by atoms with van der Waals surface area (Å²) in [6, 6.07) is 5.48. The molecule has 7 heteroatoms. The summed E-state index contributed by atoms with van der Waals surface area (Å²) < 4.78 is 3.80.